The molecule has 0 aliphatic carbocycles. The molecule has 0 saturated carbocycles. The van der Waals surface area contributed by atoms with Crippen molar-refractivity contribution in [2.24, 2.45) is 0 Å². The van der Waals surface area contributed by atoms with Crippen LogP contribution in [0, 0.1) is 0 Å². The fourth-order valence-electron chi connectivity index (χ4n) is 2.86. The Balaban J connectivity index is 1.42. The summed E-state index contributed by atoms with van der Waals surface area (Å²) in [5.41, 5.74) is 0.629. The highest BCUT2D eigenvalue weighted by atomic mass is 35.5. The first kappa shape index (κ1) is 21.2. The zero-order valence-electron chi connectivity index (χ0n) is 15.5. The molecule has 0 spiro atoms. The molecule has 2 heterocycles. The lowest BCUT2D eigenvalue weighted by Crippen LogP contribution is -2.27. The topological polar surface area (TPSA) is 103 Å². The fourth-order valence-corrected chi connectivity index (χ4v) is 3.46. The minimum atomic E-state index is -0.810. The van der Waals surface area contributed by atoms with E-state index in [4.69, 9.17) is 44.0 Å². The molecule has 11 heteroatoms. The number of aromatic nitrogens is 2. The van der Waals surface area contributed by atoms with Gasteiger partial charge in [-0.1, -0.05) is 46.9 Å². The van der Waals surface area contributed by atoms with Crippen molar-refractivity contribution in [2.75, 3.05) is 11.9 Å². The van der Waals surface area contributed by atoms with Crippen molar-refractivity contribution in [3.63, 3.8) is 0 Å². The number of anilines is 1. The third kappa shape index (κ3) is 4.36. The zero-order valence-corrected chi connectivity index (χ0v) is 17.8. The Hall–Kier alpha value is -3.07. The Kier molecular flexibility index (Phi) is 5.86. The Labute approximate surface area is 189 Å². The van der Waals surface area contributed by atoms with Crippen molar-refractivity contribution < 1.29 is 18.7 Å². The molecule has 0 aliphatic rings. The van der Waals surface area contributed by atoms with Crippen molar-refractivity contribution in [3.05, 3.63) is 68.1 Å². The summed E-state index contributed by atoms with van der Waals surface area (Å²) in [6, 6.07) is 9.83. The van der Waals surface area contributed by atoms with Crippen LogP contribution in [-0.2, 0) is 20.9 Å². The SMILES string of the molecule is O=C(COC(=O)Cn1cnc2c(oc3ccccc32)c1=O)Nc1cc(Cl)c(Cl)cc1Cl. The highest BCUT2D eigenvalue weighted by Crippen LogP contribution is 2.32. The average molecular weight is 481 g/mol. The molecule has 0 bridgehead atoms. The summed E-state index contributed by atoms with van der Waals surface area (Å²) in [6.07, 6.45) is 1.23. The van der Waals surface area contributed by atoms with E-state index in [9.17, 15) is 14.4 Å². The summed E-state index contributed by atoms with van der Waals surface area (Å²) in [5, 5.41) is 3.76. The molecule has 1 N–H and O–H groups in total. The maximum Gasteiger partial charge on any atom is 0.326 e. The second kappa shape index (κ2) is 8.58. The summed E-state index contributed by atoms with van der Waals surface area (Å²) in [5.74, 6) is -1.46. The number of ether oxygens (including phenoxy) is 1. The Morgan fingerprint density at radius 2 is 1.84 bits per heavy atom. The number of furan rings is 1. The second-order valence-electron chi connectivity index (χ2n) is 6.41. The van der Waals surface area contributed by atoms with E-state index < -0.39 is 30.6 Å². The quantitative estimate of drug-likeness (QED) is 0.338. The lowest BCUT2D eigenvalue weighted by Gasteiger charge is -2.09. The molecule has 4 aromatic rings. The lowest BCUT2D eigenvalue weighted by molar-refractivity contribution is -0.147. The van der Waals surface area contributed by atoms with Gasteiger partial charge in [-0.15, -0.1) is 0 Å². The van der Waals surface area contributed by atoms with Crippen LogP contribution in [0.15, 0.2) is 51.9 Å². The van der Waals surface area contributed by atoms with Gasteiger partial charge in [0.2, 0.25) is 5.58 Å². The number of benzene rings is 2. The van der Waals surface area contributed by atoms with Gasteiger partial charge in [-0.05, 0) is 24.3 Å². The summed E-state index contributed by atoms with van der Waals surface area (Å²) in [6.45, 7) is -1.04. The molecule has 0 atom stereocenters. The normalized spacial score (nSPS) is 11.1. The van der Waals surface area contributed by atoms with Gasteiger partial charge in [0.1, 0.15) is 17.6 Å². The number of hydrogen-bond acceptors (Lipinski definition) is 6. The van der Waals surface area contributed by atoms with E-state index in [2.05, 4.69) is 10.3 Å². The van der Waals surface area contributed by atoms with Crippen molar-refractivity contribution in [3.8, 4) is 0 Å². The molecule has 0 fully saturated rings. The summed E-state index contributed by atoms with van der Waals surface area (Å²) >= 11 is 17.7. The van der Waals surface area contributed by atoms with Gasteiger partial charge in [-0.25, -0.2) is 4.98 Å². The molecule has 0 saturated heterocycles. The fraction of sp³-hybridized carbons (Fsp3) is 0.100. The number of esters is 1. The van der Waals surface area contributed by atoms with Crippen molar-refractivity contribution >= 4 is 74.4 Å². The van der Waals surface area contributed by atoms with Crippen LogP contribution < -0.4 is 10.9 Å². The number of nitrogens with zero attached hydrogens (tertiary/aromatic N) is 2. The van der Waals surface area contributed by atoms with Gasteiger partial charge in [0, 0.05) is 5.39 Å². The van der Waals surface area contributed by atoms with Gasteiger partial charge in [0.15, 0.2) is 6.61 Å². The average Bonchev–Trinajstić information content (AvgIpc) is 3.12. The standard InChI is InChI=1S/C20H12Cl3N3O5/c21-11-5-13(23)14(6-12(11)22)25-16(27)8-30-17(28)7-26-9-24-18-10-3-1-2-4-15(10)31-19(18)20(26)29/h1-6,9H,7-8H2,(H,25,27). The molecule has 31 heavy (non-hydrogen) atoms. The Morgan fingerprint density at radius 1 is 1.10 bits per heavy atom. The van der Waals surface area contributed by atoms with E-state index in [1.807, 2.05) is 0 Å². The van der Waals surface area contributed by atoms with Crippen LogP contribution in [-0.4, -0.2) is 28.0 Å². The molecule has 0 aliphatic heterocycles. The van der Waals surface area contributed by atoms with Crippen LogP contribution in [0.25, 0.3) is 22.1 Å². The maximum absolute atomic E-state index is 12.6. The first-order valence-corrected chi connectivity index (χ1v) is 9.93. The summed E-state index contributed by atoms with van der Waals surface area (Å²) < 4.78 is 11.5. The van der Waals surface area contributed by atoms with E-state index in [1.165, 1.54) is 18.5 Å². The van der Waals surface area contributed by atoms with E-state index >= 15 is 0 Å². The van der Waals surface area contributed by atoms with E-state index in [-0.39, 0.29) is 26.3 Å². The minimum absolute atomic E-state index is 0.0310. The van der Waals surface area contributed by atoms with Gasteiger partial charge in [0.05, 0.1) is 27.1 Å². The monoisotopic (exact) mass is 479 g/mol. The summed E-state index contributed by atoms with van der Waals surface area (Å²) in [7, 11) is 0. The van der Waals surface area contributed by atoms with Gasteiger partial charge in [-0.3, -0.25) is 19.0 Å². The molecule has 158 valence electrons. The molecule has 2 aromatic carbocycles. The third-order valence-electron chi connectivity index (χ3n) is 4.30. The smallest absolute Gasteiger partial charge is 0.326 e. The molecule has 2 aromatic heterocycles. The first-order valence-electron chi connectivity index (χ1n) is 8.80. The summed E-state index contributed by atoms with van der Waals surface area (Å²) in [4.78, 5) is 41.0. The number of rotatable bonds is 5. The number of amides is 1. The van der Waals surface area contributed by atoms with Gasteiger partial charge < -0.3 is 14.5 Å². The van der Waals surface area contributed by atoms with E-state index in [1.54, 1.807) is 24.3 Å². The van der Waals surface area contributed by atoms with Crippen LogP contribution in [0.1, 0.15) is 0 Å². The van der Waals surface area contributed by atoms with Crippen LogP contribution in [0.3, 0.4) is 0 Å². The van der Waals surface area contributed by atoms with Crippen LogP contribution in [0.5, 0.6) is 0 Å². The Bertz CT molecular complexity index is 1400. The number of fused-ring (bicyclic) bond motifs is 3. The van der Waals surface area contributed by atoms with E-state index in [0.717, 1.165) is 4.57 Å². The van der Waals surface area contributed by atoms with Gasteiger partial charge >= 0.3 is 5.97 Å². The predicted octanol–water partition coefficient (Wildman–Crippen LogP) is 4.28. The number of nitrogens with one attached hydrogen (secondary N) is 1. The number of carbonyl (C=O) groups is 2. The molecule has 8 nitrogen and oxygen atoms in total. The van der Waals surface area contributed by atoms with E-state index in [0.29, 0.717) is 16.5 Å². The van der Waals surface area contributed by atoms with Crippen LogP contribution in [0.2, 0.25) is 15.1 Å². The maximum atomic E-state index is 12.6. The Morgan fingerprint density at radius 3 is 2.65 bits per heavy atom. The zero-order chi connectivity index (χ0) is 22.1. The van der Waals surface area contributed by atoms with Gasteiger partial charge in [0.25, 0.3) is 11.5 Å². The molecule has 0 radical (unpaired) electrons. The number of halogens is 3. The highest BCUT2D eigenvalue weighted by Gasteiger charge is 2.16. The van der Waals surface area contributed by atoms with Gasteiger partial charge in [-0.2, -0.15) is 0 Å². The second-order valence-corrected chi connectivity index (χ2v) is 7.63. The molecular weight excluding hydrogens is 469 g/mol. The molecule has 1 amide bonds. The molecule has 4 rings (SSSR count). The van der Waals surface area contributed by atoms with Crippen LogP contribution >= 0.6 is 34.8 Å². The van der Waals surface area contributed by atoms with Crippen molar-refractivity contribution in [2.45, 2.75) is 6.54 Å². The third-order valence-corrected chi connectivity index (χ3v) is 5.33. The first-order chi connectivity index (χ1) is 14.8. The van der Waals surface area contributed by atoms with Crippen LogP contribution in [0.4, 0.5) is 5.69 Å². The molecule has 0 unspecified atom stereocenters. The minimum Gasteiger partial charge on any atom is -0.454 e. The number of para-hydroxylation sites is 1. The lowest BCUT2D eigenvalue weighted by atomic mass is 10.2. The van der Waals surface area contributed by atoms with Crippen molar-refractivity contribution in [1.82, 2.24) is 9.55 Å². The number of carbonyl (C=O) groups excluding carboxylic acids is 2. The predicted molar refractivity (Wildman–Crippen MR) is 117 cm³/mol. The van der Waals surface area contributed by atoms with Crippen molar-refractivity contribution in [1.29, 1.82) is 0 Å². The molecular formula is C20H12Cl3N3O5. The number of hydrogen-bond donors (Lipinski definition) is 1. The highest BCUT2D eigenvalue weighted by molar-refractivity contribution is 6.44. The largest absolute Gasteiger partial charge is 0.454 e.